The van der Waals surface area contributed by atoms with Crippen molar-refractivity contribution in [3.63, 3.8) is 0 Å². The molecule has 0 aliphatic carbocycles. The van der Waals surface area contributed by atoms with Gasteiger partial charge in [0, 0.05) is 34.3 Å². The zero-order valence-electron chi connectivity index (χ0n) is 15.1. The molecule has 1 fully saturated rings. The Balaban J connectivity index is 1.52. The molecular formula is C21H25ClN2OS. The third kappa shape index (κ3) is 5.26. The van der Waals surface area contributed by atoms with Crippen molar-refractivity contribution in [3.05, 3.63) is 64.7 Å². The standard InChI is InChI=1S/C21H25ClN2OS/c1-23-14-16-10-12-24(13-11-16)21(25)18-4-2-17(3-5-18)15-26-20-8-6-19(22)7-9-20/h2-9,16,23H,10-15H2,1H3. The van der Waals surface area contributed by atoms with E-state index in [1.54, 1.807) is 11.8 Å². The number of nitrogens with zero attached hydrogens (tertiary/aromatic N) is 1. The highest BCUT2D eigenvalue weighted by atomic mass is 35.5. The van der Waals surface area contributed by atoms with Crippen LogP contribution in [-0.2, 0) is 5.75 Å². The van der Waals surface area contributed by atoms with Crippen molar-refractivity contribution in [3.8, 4) is 0 Å². The first-order chi connectivity index (χ1) is 12.7. The number of likely N-dealkylation sites (tertiary alicyclic amines) is 1. The fraction of sp³-hybridized carbons (Fsp3) is 0.381. The van der Waals surface area contributed by atoms with E-state index in [4.69, 9.17) is 11.6 Å². The molecule has 0 saturated carbocycles. The van der Waals surface area contributed by atoms with Gasteiger partial charge in [-0.25, -0.2) is 0 Å². The van der Waals surface area contributed by atoms with Crippen LogP contribution in [0.4, 0.5) is 0 Å². The Hall–Kier alpha value is -1.49. The van der Waals surface area contributed by atoms with Gasteiger partial charge in [-0.05, 0) is 74.3 Å². The maximum absolute atomic E-state index is 12.7. The second-order valence-corrected chi connectivity index (χ2v) is 8.22. The van der Waals surface area contributed by atoms with Gasteiger partial charge in [0.25, 0.3) is 5.91 Å². The Morgan fingerprint density at radius 1 is 1.12 bits per heavy atom. The highest BCUT2D eigenvalue weighted by molar-refractivity contribution is 7.98. The highest BCUT2D eigenvalue weighted by Crippen LogP contribution is 2.25. The quantitative estimate of drug-likeness (QED) is 0.727. The topological polar surface area (TPSA) is 32.3 Å². The second kappa shape index (κ2) is 9.45. The first-order valence-corrected chi connectivity index (χ1v) is 10.4. The van der Waals surface area contributed by atoms with Gasteiger partial charge < -0.3 is 10.2 Å². The van der Waals surface area contributed by atoms with Gasteiger partial charge in [0.05, 0.1) is 0 Å². The van der Waals surface area contributed by atoms with Gasteiger partial charge in [-0.1, -0.05) is 23.7 Å². The number of rotatable bonds is 6. The van der Waals surface area contributed by atoms with E-state index in [1.807, 2.05) is 48.3 Å². The van der Waals surface area contributed by atoms with E-state index in [0.29, 0.717) is 5.92 Å². The average molecular weight is 389 g/mol. The Morgan fingerprint density at radius 3 is 2.38 bits per heavy atom. The smallest absolute Gasteiger partial charge is 0.253 e. The summed E-state index contributed by atoms with van der Waals surface area (Å²) in [5, 5.41) is 3.99. The van der Waals surface area contributed by atoms with E-state index in [9.17, 15) is 4.79 Å². The first-order valence-electron chi connectivity index (χ1n) is 9.07. The van der Waals surface area contributed by atoms with Gasteiger partial charge in [-0.15, -0.1) is 11.8 Å². The van der Waals surface area contributed by atoms with E-state index in [1.165, 1.54) is 10.5 Å². The number of thioether (sulfide) groups is 1. The number of nitrogens with one attached hydrogen (secondary N) is 1. The van der Waals surface area contributed by atoms with Crippen LogP contribution < -0.4 is 5.32 Å². The number of hydrogen-bond donors (Lipinski definition) is 1. The molecule has 0 atom stereocenters. The van der Waals surface area contributed by atoms with Crippen LogP contribution in [0.3, 0.4) is 0 Å². The van der Waals surface area contributed by atoms with E-state index in [0.717, 1.165) is 48.8 Å². The molecule has 1 aliphatic heterocycles. The lowest BCUT2D eigenvalue weighted by molar-refractivity contribution is 0.0691. The molecule has 138 valence electrons. The van der Waals surface area contributed by atoms with Crippen LogP contribution in [0.2, 0.25) is 5.02 Å². The van der Waals surface area contributed by atoms with E-state index in [-0.39, 0.29) is 5.91 Å². The number of carbonyl (C=O) groups is 1. The molecule has 2 aromatic rings. The molecule has 0 unspecified atom stereocenters. The predicted molar refractivity (Wildman–Crippen MR) is 110 cm³/mol. The molecule has 1 amide bonds. The lowest BCUT2D eigenvalue weighted by atomic mass is 9.96. The van der Waals surface area contributed by atoms with Crippen LogP contribution in [0.15, 0.2) is 53.4 Å². The van der Waals surface area contributed by atoms with Crippen LogP contribution in [0.25, 0.3) is 0 Å². The number of hydrogen-bond acceptors (Lipinski definition) is 3. The molecule has 3 nitrogen and oxygen atoms in total. The highest BCUT2D eigenvalue weighted by Gasteiger charge is 2.23. The van der Waals surface area contributed by atoms with Gasteiger partial charge >= 0.3 is 0 Å². The molecule has 0 spiro atoms. The van der Waals surface area contributed by atoms with Crippen molar-refractivity contribution in [1.82, 2.24) is 10.2 Å². The molecule has 3 rings (SSSR count). The van der Waals surface area contributed by atoms with Gasteiger partial charge in [0.2, 0.25) is 0 Å². The minimum absolute atomic E-state index is 0.157. The van der Waals surface area contributed by atoms with E-state index in [2.05, 4.69) is 17.4 Å². The molecule has 1 aliphatic rings. The normalized spacial score (nSPS) is 15.2. The van der Waals surface area contributed by atoms with Gasteiger partial charge in [0.15, 0.2) is 0 Å². The molecular weight excluding hydrogens is 364 g/mol. The van der Waals surface area contributed by atoms with Gasteiger partial charge in [-0.2, -0.15) is 0 Å². The maximum Gasteiger partial charge on any atom is 0.253 e. The SMILES string of the molecule is CNCC1CCN(C(=O)c2ccc(CSc3ccc(Cl)cc3)cc2)CC1. The summed E-state index contributed by atoms with van der Waals surface area (Å²) in [4.78, 5) is 15.9. The van der Waals surface area contributed by atoms with Gasteiger partial charge in [0.1, 0.15) is 0 Å². The van der Waals surface area contributed by atoms with Crippen molar-refractivity contribution in [1.29, 1.82) is 0 Å². The summed E-state index contributed by atoms with van der Waals surface area (Å²) in [7, 11) is 1.99. The predicted octanol–water partition coefficient (Wildman–Crippen LogP) is 4.70. The van der Waals surface area contributed by atoms with Gasteiger partial charge in [-0.3, -0.25) is 4.79 Å². The molecule has 1 heterocycles. The summed E-state index contributed by atoms with van der Waals surface area (Å²) in [6.07, 6.45) is 2.17. The number of amides is 1. The minimum atomic E-state index is 0.157. The zero-order chi connectivity index (χ0) is 18.4. The maximum atomic E-state index is 12.7. The summed E-state index contributed by atoms with van der Waals surface area (Å²) in [5.41, 5.74) is 2.01. The Bertz CT molecular complexity index is 710. The van der Waals surface area contributed by atoms with Crippen molar-refractivity contribution in [2.24, 2.45) is 5.92 Å². The second-order valence-electron chi connectivity index (χ2n) is 6.73. The van der Waals surface area contributed by atoms with Crippen molar-refractivity contribution >= 4 is 29.3 Å². The number of carbonyl (C=O) groups excluding carboxylic acids is 1. The molecule has 1 N–H and O–H groups in total. The Labute approximate surface area is 165 Å². The van der Waals surface area contributed by atoms with Crippen LogP contribution >= 0.6 is 23.4 Å². The van der Waals surface area contributed by atoms with Crippen molar-refractivity contribution < 1.29 is 4.79 Å². The van der Waals surface area contributed by atoms with Crippen LogP contribution in [-0.4, -0.2) is 37.5 Å². The molecule has 2 aromatic carbocycles. The molecule has 1 saturated heterocycles. The summed E-state index contributed by atoms with van der Waals surface area (Å²) in [6.45, 7) is 2.76. The fourth-order valence-electron chi connectivity index (χ4n) is 3.25. The van der Waals surface area contributed by atoms with Crippen molar-refractivity contribution in [2.45, 2.75) is 23.5 Å². The lowest BCUT2D eigenvalue weighted by Crippen LogP contribution is -2.40. The molecule has 26 heavy (non-hydrogen) atoms. The number of halogens is 1. The molecule has 5 heteroatoms. The summed E-state index contributed by atoms with van der Waals surface area (Å²) in [6, 6.07) is 15.9. The van der Waals surface area contributed by atoms with Crippen LogP contribution in [0.5, 0.6) is 0 Å². The lowest BCUT2D eigenvalue weighted by Gasteiger charge is -2.32. The minimum Gasteiger partial charge on any atom is -0.339 e. The Kier molecular flexibility index (Phi) is 7.00. The third-order valence-electron chi connectivity index (χ3n) is 4.81. The van der Waals surface area contributed by atoms with E-state index < -0.39 is 0 Å². The largest absolute Gasteiger partial charge is 0.339 e. The summed E-state index contributed by atoms with van der Waals surface area (Å²) in [5.74, 6) is 1.73. The monoisotopic (exact) mass is 388 g/mol. The molecule has 0 radical (unpaired) electrons. The molecule has 0 aromatic heterocycles. The summed E-state index contributed by atoms with van der Waals surface area (Å²) >= 11 is 7.68. The number of piperidine rings is 1. The third-order valence-corrected chi connectivity index (χ3v) is 6.15. The van der Waals surface area contributed by atoms with E-state index >= 15 is 0 Å². The zero-order valence-corrected chi connectivity index (χ0v) is 16.7. The summed E-state index contributed by atoms with van der Waals surface area (Å²) < 4.78 is 0. The fourth-order valence-corrected chi connectivity index (χ4v) is 4.23. The van der Waals surface area contributed by atoms with Crippen LogP contribution in [0.1, 0.15) is 28.8 Å². The average Bonchev–Trinajstić information content (AvgIpc) is 2.68. The Morgan fingerprint density at radius 2 is 1.77 bits per heavy atom. The first kappa shape index (κ1) is 19.3. The van der Waals surface area contributed by atoms with Crippen molar-refractivity contribution in [2.75, 3.05) is 26.7 Å². The molecule has 0 bridgehead atoms. The van der Waals surface area contributed by atoms with Crippen LogP contribution in [0, 0.1) is 5.92 Å². The number of benzene rings is 2.